The average Bonchev–Trinajstić information content (AvgIpc) is 2.76. The number of phenols is 1. The maximum Gasteiger partial charge on any atom is 0.323 e. The van der Waals surface area contributed by atoms with Crippen LogP contribution in [0.15, 0.2) is 24.3 Å². The van der Waals surface area contributed by atoms with Crippen LogP contribution in [0.5, 0.6) is 11.5 Å². The number of hydrogen-bond donors (Lipinski definition) is 2. The Morgan fingerprint density at radius 2 is 1.97 bits per heavy atom. The van der Waals surface area contributed by atoms with Crippen LogP contribution >= 0.6 is 12.2 Å². The molecule has 1 heterocycles. The predicted octanol–water partition coefficient (Wildman–Crippen LogP) is 2.48. The minimum Gasteiger partial charge on any atom is -0.507 e. The van der Waals surface area contributed by atoms with E-state index in [0.29, 0.717) is 11.3 Å². The third-order valence-electron chi connectivity index (χ3n) is 4.94. The fourth-order valence-electron chi connectivity index (χ4n) is 3.26. The zero-order valence-electron chi connectivity index (χ0n) is 18.5. The number of phenolic OH excluding ortho intramolecular Hbond substituents is 1. The topological polar surface area (TPSA) is 105 Å². The van der Waals surface area contributed by atoms with Gasteiger partial charge in [0.1, 0.15) is 18.1 Å². The summed E-state index contributed by atoms with van der Waals surface area (Å²) < 4.78 is 10.5. The molecule has 2 rings (SSSR count). The molecule has 0 aliphatic carbocycles. The lowest BCUT2D eigenvalue weighted by Crippen LogP contribution is -2.40. The van der Waals surface area contributed by atoms with Crippen LogP contribution in [0.25, 0.3) is 6.08 Å². The lowest BCUT2D eigenvalue weighted by atomic mass is 10.1. The Bertz CT molecular complexity index is 864. The van der Waals surface area contributed by atoms with Gasteiger partial charge in [-0.1, -0.05) is 12.2 Å². The standard InChI is InChI=1S/C23H30N2O6S/c1-3-30-23(29)21(16(2)26)22(32)24-11-14-31-18-9-7-17(19(27)15-18)8-10-20(28)25-12-5-4-6-13-25/h7-10,15,21,27H,3-6,11-14H2,1-2H3,(H,24,32)/b10-8+. The highest BCUT2D eigenvalue weighted by Crippen LogP contribution is 2.25. The van der Waals surface area contributed by atoms with Crippen molar-refractivity contribution in [2.24, 2.45) is 5.92 Å². The number of rotatable bonds is 10. The van der Waals surface area contributed by atoms with Gasteiger partial charge in [0, 0.05) is 37.3 Å². The van der Waals surface area contributed by atoms with Crippen LogP contribution in [-0.2, 0) is 19.1 Å². The van der Waals surface area contributed by atoms with Crippen LogP contribution in [0.2, 0.25) is 0 Å². The van der Waals surface area contributed by atoms with E-state index in [0.717, 1.165) is 32.4 Å². The summed E-state index contributed by atoms with van der Waals surface area (Å²) in [6, 6.07) is 4.80. The third kappa shape index (κ3) is 7.64. The minimum atomic E-state index is -1.13. The number of nitrogens with zero attached hydrogens (tertiary/aromatic N) is 1. The summed E-state index contributed by atoms with van der Waals surface area (Å²) in [5, 5.41) is 13.1. The number of carbonyl (C=O) groups excluding carboxylic acids is 3. The first-order valence-corrected chi connectivity index (χ1v) is 11.1. The fraction of sp³-hybridized carbons (Fsp3) is 0.478. The van der Waals surface area contributed by atoms with Crippen LogP contribution in [-0.4, -0.2) is 65.5 Å². The van der Waals surface area contributed by atoms with E-state index in [1.807, 2.05) is 4.90 Å². The molecule has 9 heteroatoms. The summed E-state index contributed by atoms with van der Waals surface area (Å²) >= 11 is 5.14. The Morgan fingerprint density at radius 3 is 2.59 bits per heavy atom. The van der Waals surface area contributed by atoms with Crippen molar-refractivity contribution in [2.75, 3.05) is 32.8 Å². The van der Waals surface area contributed by atoms with E-state index in [2.05, 4.69) is 5.32 Å². The number of hydrogen-bond acceptors (Lipinski definition) is 7. The number of ketones is 1. The zero-order valence-corrected chi connectivity index (χ0v) is 19.3. The predicted molar refractivity (Wildman–Crippen MR) is 124 cm³/mol. The Labute approximate surface area is 193 Å². The molecule has 1 aliphatic heterocycles. The second kappa shape index (κ2) is 12.8. The monoisotopic (exact) mass is 462 g/mol. The molecule has 0 bridgehead atoms. The number of esters is 1. The number of Topliss-reactive ketones (excluding diaryl/α,β-unsaturated/α-hetero) is 1. The van der Waals surface area contributed by atoms with Crippen molar-refractivity contribution >= 4 is 40.9 Å². The Hall–Kier alpha value is -2.94. The van der Waals surface area contributed by atoms with E-state index in [1.54, 1.807) is 25.1 Å². The molecule has 2 N–H and O–H groups in total. The zero-order chi connectivity index (χ0) is 23.5. The molecule has 1 saturated heterocycles. The van der Waals surface area contributed by atoms with Gasteiger partial charge in [-0.3, -0.25) is 14.4 Å². The molecule has 1 aromatic rings. The smallest absolute Gasteiger partial charge is 0.323 e. The van der Waals surface area contributed by atoms with Crippen LogP contribution < -0.4 is 10.1 Å². The molecule has 1 aliphatic rings. The number of benzene rings is 1. The SMILES string of the molecule is CCOC(=O)C(C(C)=O)C(=S)NCCOc1ccc(/C=C/C(=O)N2CCCCC2)c(O)c1. The first kappa shape index (κ1) is 25.3. The number of piperidine rings is 1. The molecule has 0 saturated carbocycles. The lowest BCUT2D eigenvalue weighted by Gasteiger charge is -2.25. The largest absolute Gasteiger partial charge is 0.507 e. The van der Waals surface area contributed by atoms with Crippen LogP contribution in [0.4, 0.5) is 0 Å². The summed E-state index contributed by atoms with van der Waals surface area (Å²) in [5.41, 5.74) is 0.515. The van der Waals surface area contributed by atoms with Gasteiger partial charge in [-0.05, 0) is 51.3 Å². The molecule has 174 valence electrons. The van der Waals surface area contributed by atoms with Gasteiger partial charge in [0.15, 0.2) is 11.7 Å². The summed E-state index contributed by atoms with van der Waals surface area (Å²) in [6.45, 7) is 5.09. The van der Waals surface area contributed by atoms with E-state index < -0.39 is 17.7 Å². The number of nitrogens with one attached hydrogen (secondary N) is 1. The lowest BCUT2D eigenvalue weighted by molar-refractivity contribution is -0.148. The van der Waals surface area contributed by atoms with Crippen LogP contribution in [0.1, 0.15) is 38.7 Å². The second-order valence-corrected chi connectivity index (χ2v) is 7.81. The maximum atomic E-state index is 12.2. The summed E-state index contributed by atoms with van der Waals surface area (Å²) in [4.78, 5) is 37.7. The van der Waals surface area contributed by atoms with Crippen LogP contribution in [0.3, 0.4) is 0 Å². The molecule has 32 heavy (non-hydrogen) atoms. The molecule has 0 aromatic heterocycles. The maximum absolute atomic E-state index is 12.2. The van der Waals surface area contributed by atoms with Gasteiger partial charge < -0.3 is 24.8 Å². The third-order valence-corrected chi connectivity index (χ3v) is 5.32. The first-order valence-electron chi connectivity index (χ1n) is 10.7. The van der Waals surface area contributed by atoms with Gasteiger partial charge in [-0.15, -0.1) is 0 Å². The van der Waals surface area contributed by atoms with Gasteiger partial charge in [-0.25, -0.2) is 0 Å². The van der Waals surface area contributed by atoms with Crippen molar-refractivity contribution in [2.45, 2.75) is 33.1 Å². The quantitative estimate of drug-likeness (QED) is 0.180. The fourth-order valence-corrected chi connectivity index (χ4v) is 3.63. The molecule has 1 unspecified atom stereocenters. The highest BCUT2D eigenvalue weighted by atomic mass is 32.1. The first-order chi connectivity index (χ1) is 15.3. The van der Waals surface area contributed by atoms with Gasteiger partial charge in [-0.2, -0.15) is 0 Å². The summed E-state index contributed by atoms with van der Waals surface area (Å²) in [6.07, 6.45) is 6.26. The Morgan fingerprint density at radius 1 is 1.25 bits per heavy atom. The molecule has 0 radical (unpaired) electrons. The Balaban J connectivity index is 1.83. The van der Waals surface area contributed by atoms with Crippen molar-refractivity contribution < 1.29 is 29.0 Å². The molecular formula is C23H30N2O6S. The molecule has 0 spiro atoms. The van der Waals surface area contributed by atoms with Crippen molar-refractivity contribution in [3.05, 3.63) is 29.8 Å². The van der Waals surface area contributed by atoms with E-state index in [4.69, 9.17) is 21.7 Å². The van der Waals surface area contributed by atoms with Gasteiger partial charge >= 0.3 is 5.97 Å². The van der Waals surface area contributed by atoms with Crippen molar-refractivity contribution in [1.29, 1.82) is 0 Å². The molecule has 1 amide bonds. The normalized spacial score (nSPS) is 14.6. The molecule has 1 atom stereocenters. The van der Waals surface area contributed by atoms with Crippen molar-refractivity contribution in [3.8, 4) is 11.5 Å². The highest BCUT2D eigenvalue weighted by molar-refractivity contribution is 7.80. The second-order valence-electron chi connectivity index (χ2n) is 7.38. The Kier molecular flexibility index (Phi) is 10.1. The van der Waals surface area contributed by atoms with Crippen molar-refractivity contribution in [1.82, 2.24) is 10.2 Å². The number of amides is 1. The molecular weight excluding hydrogens is 432 g/mol. The summed E-state index contributed by atoms with van der Waals surface area (Å²) in [5.74, 6) is -1.83. The molecule has 8 nitrogen and oxygen atoms in total. The van der Waals surface area contributed by atoms with Crippen LogP contribution in [0, 0.1) is 5.92 Å². The van der Waals surface area contributed by atoms with E-state index in [-0.39, 0.29) is 36.4 Å². The number of aromatic hydroxyl groups is 1. The minimum absolute atomic E-state index is 0.00683. The number of likely N-dealkylation sites (tertiary alicyclic amines) is 1. The molecule has 1 aromatic carbocycles. The van der Waals surface area contributed by atoms with Gasteiger partial charge in [0.25, 0.3) is 0 Å². The van der Waals surface area contributed by atoms with Crippen molar-refractivity contribution in [3.63, 3.8) is 0 Å². The van der Waals surface area contributed by atoms with E-state index in [1.165, 1.54) is 19.1 Å². The number of ether oxygens (including phenoxy) is 2. The number of carbonyl (C=O) groups is 3. The van der Waals surface area contributed by atoms with E-state index >= 15 is 0 Å². The highest BCUT2D eigenvalue weighted by Gasteiger charge is 2.29. The van der Waals surface area contributed by atoms with Gasteiger partial charge in [0.2, 0.25) is 5.91 Å². The van der Waals surface area contributed by atoms with E-state index in [9.17, 15) is 19.5 Å². The summed E-state index contributed by atoms with van der Waals surface area (Å²) in [7, 11) is 0. The number of thiocarbonyl (C=S) groups is 1. The molecule has 1 fully saturated rings. The average molecular weight is 463 g/mol. The van der Waals surface area contributed by atoms with Gasteiger partial charge in [0.05, 0.1) is 11.6 Å².